The van der Waals surface area contributed by atoms with Crippen molar-refractivity contribution >= 4 is 11.0 Å². The molecule has 0 radical (unpaired) electrons. The molecule has 6 aromatic rings. The van der Waals surface area contributed by atoms with Gasteiger partial charge in [-0.3, -0.25) is 0 Å². The summed E-state index contributed by atoms with van der Waals surface area (Å²) in [6, 6.07) is 40.2. The highest BCUT2D eigenvalue weighted by atomic mass is 16.5. The Labute approximate surface area is 245 Å². The standard InChI is InChI=1S/C36H30N2O4/c1-39-33-21-22-34(40-2)36-35(33)37-31(23-41-29-17-13-27(14-18-29)25-9-5-3-6-10-25)32(38-36)24-42-30-19-15-28(16-20-30)26-11-7-4-8-12-26/h3-22H,23-24H2,1-2H3. The largest absolute Gasteiger partial charge is 0.494 e. The summed E-state index contributed by atoms with van der Waals surface area (Å²) in [5.74, 6) is 2.68. The van der Waals surface area contributed by atoms with Gasteiger partial charge in [0.1, 0.15) is 58.6 Å². The van der Waals surface area contributed by atoms with E-state index in [1.54, 1.807) is 14.2 Å². The van der Waals surface area contributed by atoms with E-state index < -0.39 is 0 Å². The van der Waals surface area contributed by atoms with E-state index in [2.05, 4.69) is 24.3 Å². The molecule has 42 heavy (non-hydrogen) atoms. The van der Waals surface area contributed by atoms with Crippen molar-refractivity contribution in [3.05, 3.63) is 133 Å². The first-order valence-corrected chi connectivity index (χ1v) is 13.7. The minimum absolute atomic E-state index is 0.208. The molecule has 208 valence electrons. The van der Waals surface area contributed by atoms with Gasteiger partial charge in [0.25, 0.3) is 0 Å². The molecule has 0 atom stereocenters. The van der Waals surface area contributed by atoms with Gasteiger partial charge in [-0.15, -0.1) is 0 Å². The highest BCUT2D eigenvalue weighted by Gasteiger charge is 2.17. The van der Waals surface area contributed by atoms with Crippen LogP contribution in [-0.4, -0.2) is 24.2 Å². The van der Waals surface area contributed by atoms with Crippen molar-refractivity contribution in [2.24, 2.45) is 0 Å². The van der Waals surface area contributed by atoms with Crippen molar-refractivity contribution in [3.8, 4) is 45.3 Å². The molecule has 0 saturated carbocycles. The quantitative estimate of drug-likeness (QED) is 0.170. The van der Waals surface area contributed by atoms with Crippen molar-refractivity contribution in [1.82, 2.24) is 9.97 Å². The van der Waals surface area contributed by atoms with Crippen LogP contribution in [0.4, 0.5) is 0 Å². The highest BCUT2D eigenvalue weighted by molar-refractivity contribution is 5.87. The SMILES string of the molecule is COc1ccc(OC)c2nc(COc3ccc(-c4ccccc4)cc3)c(COc3ccc(-c4ccccc4)cc3)nc12. The molecule has 1 heterocycles. The Hall–Kier alpha value is -5.36. The van der Waals surface area contributed by atoms with Crippen LogP contribution in [0.2, 0.25) is 0 Å². The van der Waals surface area contributed by atoms with Crippen molar-refractivity contribution < 1.29 is 18.9 Å². The first kappa shape index (κ1) is 26.8. The molecule has 0 spiro atoms. The number of benzene rings is 5. The van der Waals surface area contributed by atoms with Crippen molar-refractivity contribution in [2.45, 2.75) is 13.2 Å². The summed E-state index contributed by atoms with van der Waals surface area (Å²) < 4.78 is 23.6. The molecule has 0 aliphatic carbocycles. The Balaban J connectivity index is 1.26. The Kier molecular flexibility index (Phi) is 7.95. The summed E-state index contributed by atoms with van der Waals surface area (Å²) >= 11 is 0. The lowest BCUT2D eigenvalue weighted by molar-refractivity contribution is 0.278. The Morgan fingerprint density at radius 3 is 1.14 bits per heavy atom. The van der Waals surface area contributed by atoms with Gasteiger partial charge < -0.3 is 18.9 Å². The fourth-order valence-corrected chi connectivity index (χ4v) is 4.77. The van der Waals surface area contributed by atoms with Crippen LogP contribution in [0, 0.1) is 0 Å². The monoisotopic (exact) mass is 554 g/mol. The lowest BCUT2D eigenvalue weighted by Crippen LogP contribution is -2.10. The molecule has 1 aromatic heterocycles. The zero-order valence-corrected chi connectivity index (χ0v) is 23.5. The van der Waals surface area contributed by atoms with Gasteiger partial charge in [0.2, 0.25) is 0 Å². The smallest absolute Gasteiger partial charge is 0.146 e. The molecule has 0 aliphatic heterocycles. The third-order valence-corrected chi connectivity index (χ3v) is 7.02. The van der Waals surface area contributed by atoms with Crippen molar-refractivity contribution in [2.75, 3.05) is 14.2 Å². The van der Waals surface area contributed by atoms with Crippen LogP contribution in [-0.2, 0) is 13.2 Å². The number of ether oxygens (including phenoxy) is 4. The number of aromatic nitrogens is 2. The van der Waals surface area contributed by atoms with Gasteiger partial charge in [0.05, 0.1) is 14.2 Å². The van der Waals surface area contributed by atoms with Gasteiger partial charge in [-0.1, -0.05) is 84.9 Å². The van der Waals surface area contributed by atoms with E-state index >= 15 is 0 Å². The average Bonchev–Trinajstić information content (AvgIpc) is 3.07. The van der Waals surface area contributed by atoms with Crippen LogP contribution >= 0.6 is 0 Å². The number of rotatable bonds is 10. The fraction of sp³-hybridized carbons (Fsp3) is 0.111. The van der Waals surface area contributed by atoms with E-state index in [9.17, 15) is 0 Å². The summed E-state index contributed by atoms with van der Waals surface area (Å²) in [5.41, 5.74) is 7.07. The van der Waals surface area contributed by atoms with E-state index in [4.69, 9.17) is 28.9 Å². The van der Waals surface area contributed by atoms with Gasteiger partial charge >= 0.3 is 0 Å². The number of nitrogens with zero attached hydrogens (tertiary/aromatic N) is 2. The normalized spacial score (nSPS) is 10.8. The maximum atomic E-state index is 6.19. The minimum Gasteiger partial charge on any atom is -0.494 e. The first-order chi connectivity index (χ1) is 20.7. The van der Waals surface area contributed by atoms with Crippen LogP contribution in [0.5, 0.6) is 23.0 Å². The van der Waals surface area contributed by atoms with Crippen molar-refractivity contribution in [1.29, 1.82) is 0 Å². The maximum Gasteiger partial charge on any atom is 0.146 e. The number of fused-ring (bicyclic) bond motifs is 1. The Bertz CT molecular complexity index is 1640. The summed E-state index contributed by atoms with van der Waals surface area (Å²) in [6.07, 6.45) is 0. The Morgan fingerprint density at radius 2 is 0.786 bits per heavy atom. The molecule has 0 aliphatic rings. The molecule has 0 saturated heterocycles. The van der Waals surface area contributed by atoms with E-state index in [-0.39, 0.29) is 13.2 Å². The van der Waals surface area contributed by atoms with Crippen LogP contribution in [0.15, 0.2) is 121 Å². The second kappa shape index (κ2) is 12.4. The first-order valence-electron chi connectivity index (χ1n) is 13.7. The van der Waals surface area contributed by atoms with Gasteiger partial charge in [0.15, 0.2) is 0 Å². The Morgan fingerprint density at radius 1 is 0.429 bits per heavy atom. The molecule has 6 nitrogen and oxygen atoms in total. The summed E-state index contributed by atoms with van der Waals surface area (Å²) in [4.78, 5) is 9.86. The minimum atomic E-state index is 0.208. The highest BCUT2D eigenvalue weighted by Crippen LogP contribution is 2.32. The summed E-state index contributed by atoms with van der Waals surface area (Å²) in [6.45, 7) is 0.416. The number of methoxy groups -OCH3 is 2. The van der Waals surface area contributed by atoms with E-state index in [1.165, 1.54) is 0 Å². The second-order valence-electron chi connectivity index (χ2n) is 9.64. The zero-order valence-electron chi connectivity index (χ0n) is 23.5. The van der Waals surface area contributed by atoms with Gasteiger partial charge in [0, 0.05) is 0 Å². The van der Waals surface area contributed by atoms with E-state index in [1.807, 2.05) is 97.1 Å². The third-order valence-electron chi connectivity index (χ3n) is 7.02. The summed E-state index contributed by atoms with van der Waals surface area (Å²) in [7, 11) is 3.23. The summed E-state index contributed by atoms with van der Waals surface area (Å²) in [5, 5.41) is 0. The van der Waals surface area contributed by atoms with Crippen LogP contribution in [0.1, 0.15) is 11.4 Å². The molecule has 5 aromatic carbocycles. The predicted molar refractivity (Wildman–Crippen MR) is 165 cm³/mol. The average molecular weight is 555 g/mol. The van der Waals surface area contributed by atoms with Gasteiger partial charge in [-0.05, 0) is 58.7 Å². The molecule has 0 N–H and O–H groups in total. The zero-order chi connectivity index (χ0) is 28.7. The molecule has 0 amide bonds. The molecule has 0 unspecified atom stereocenters. The molecular weight excluding hydrogens is 524 g/mol. The van der Waals surface area contributed by atoms with Gasteiger partial charge in [-0.25, -0.2) is 9.97 Å². The predicted octanol–water partition coefficient (Wildman–Crippen LogP) is 8.14. The van der Waals surface area contributed by atoms with Gasteiger partial charge in [-0.2, -0.15) is 0 Å². The third kappa shape index (κ3) is 5.88. The number of hydrogen-bond donors (Lipinski definition) is 0. The fourth-order valence-electron chi connectivity index (χ4n) is 4.77. The topological polar surface area (TPSA) is 62.7 Å². The maximum absolute atomic E-state index is 6.19. The van der Waals surface area contributed by atoms with E-state index in [0.29, 0.717) is 33.9 Å². The lowest BCUT2D eigenvalue weighted by atomic mass is 10.1. The number of hydrogen-bond acceptors (Lipinski definition) is 6. The van der Waals surface area contributed by atoms with E-state index in [0.717, 1.165) is 33.8 Å². The van der Waals surface area contributed by atoms with Crippen molar-refractivity contribution in [3.63, 3.8) is 0 Å². The molecule has 0 fully saturated rings. The molecule has 6 heteroatoms. The molecule has 0 bridgehead atoms. The second-order valence-corrected chi connectivity index (χ2v) is 9.64. The molecular formula is C36H30N2O4. The lowest BCUT2D eigenvalue weighted by Gasteiger charge is -2.15. The molecule has 6 rings (SSSR count). The van der Waals surface area contributed by atoms with Crippen LogP contribution in [0.25, 0.3) is 33.3 Å². The van der Waals surface area contributed by atoms with Crippen LogP contribution in [0.3, 0.4) is 0 Å². The van der Waals surface area contributed by atoms with Crippen LogP contribution < -0.4 is 18.9 Å².